The number of aromatic nitrogens is 3. The maximum absolute atomic E-state index is 16.0. The Kier molecular flexibility index (Phi) is 10.1. The van der Waals surface area contributed by atoms with Crippen molar-refractivity contribution in [3.63, 3.8) is 0 Å². The van der Waals surface area contributed by atoms with Gasteiger partial charge in [-0.05, 0) is 59.0 Å². The van der Waals surface area contributed by atoms with Gasteiger partial charge in [0.15, 0.2) is 11.9 Å². The van der Waals surface area contributed by atoms with Crippen LogP contribution in [0.3, 0.4) is 0 Å². The molecule has 1 aliphatic heterocycles. The molecule has 2 aromatic heterocycles. The third-order valence-corrected chi connectivity index (χ3v) is 16.2. The van der Waals surface area contributed by atoms with Crippen LogP contribution in [-0.2, 0) is 4.74 Å². The predicted molar refractivity (Wildman–Crippen MR) is 184 cm³/mol. The highest BCUT2D eigenvalue weighted by atomic mass is 32.2. The van der Waals surface area contributed by atoms with Crippen molar-refractivity contribution < 1.29 is 27.0 Å². The van der Waals surface area contributed by atoms with E-state index in [4.69, 9.17) is 14.5 Å². The molecule has 4 aromatic rings. The molecule has 0 N–H and O–H groups in total. The summed E-state index contributed by atoms with van der Waals surface area (Å²) in [5.74, 6) is 3.39. The number of ether oxygens (including phenoxy) is 2. The first kappa shape index (κ1) is 34.9. The highest BCUT2D eigenvalue weighted by molar-refractivity contribution is 7.98. The Morgan fingerprint density at radius 2 is 1.74 bits per heavy atom. The fraction of sp³-hybridized carbons (Fsp3) is 0.457. The molecule has 0 bridgehead atoms. The molecule has 250 valence electrons. The van der Waals surface area contributed by atoms with Gasteiger partial charge in [0.1, 0.15) is 31.5 Å². The second-order valence-corrected chi connectivity index (χ2v) is 19.2. The Bertz CT molecular complexity index is 1830. The third-order valence-electron chi connectivity index (χ3n) is 9.32. The van der Waals surface area contributed by atoms with Crippen LogP contribution in [0.5, 0.6) is 5.75 Å². The SMILES string of the molecule is COCOc1cc(-c2cc3nc(SC)ncc3c(N3CCC3C(F)(F)F)n2)c2c(C#C[Si](C(C)C)(C(C)C)C(C)C)c(F)ccc2c1. The number of benzene rings is 2. The van der Waals surface area contributed by atoms with E-state index >= 15 is 4.39 Å². The molecule has 1 atom stereocenters. The molecule has 1 aliphatic rings. The number of thioether (sulfide) groups is 1. The second-order valence-electron chi connectivity index (χ2n) is 12.8. The van der Waals surface area contributed by atoms with E-state index in [0.717, 1.165) is 0 Å². The van der Waals surface area contributed by atoms with Crippen LogP contribution in [0.1, 0.15) is 53.5 Å². The number of nitrogens with zero attached hydrogens (tertiary/aromatic N) is 4. The Labute approximate surface area is 278 Å². The minimum absolute atomic E-state index is 0.0359. The molecule has 12 heteroatoms. The van der Waals surface area contributed by atoms with E-state index in [9.17, 15) is 13.2 Å². The van der Waals surface area contributed by atoms with E-state index < -0.39 is 26.1 Å². The van der Waals surface area contributed by atoms with Gasteiger partial charge in [-0.3, -0.25) is 0 Å². The van der Waals surface area contributed by atoms with Crippen molar-refractivity contribution >= 4 is 47.3 Å². The lowest BCUT2D eigenvalue weighted by atomic mass is 9.95. The normalized spacial score (nSPS) is 15.5. The minimum Gasteiger partial charge on any atom is -0.468 e. The molecule has 5 rings (SSSR count). The monoisotopic (exact) mass is 684 g/mol. The predicted octanol–water partition coefficient (Wildman–Crippen LogP) is 9.40. The molecule has 0 aliphatic carbocycles. The van der Waals surface area contributed by atoms with Gasteiger partial charge in [-0.15, -0.1) is 5.54 Å². The first-order chi connectivity index (χ1) is 22.2. The van der Waals surface area contributed by atoms with Crippen molar-refractivity contribution in [1.82, 2.24) is 15.0 Å². The standard InChI is InChI=1S/C35H40F4N4O2SSi/c1-20(2)47(21(3)4,22(5)6)14-12-25-28(36)10-9-23-15-24(45-19-44-7)16-26(32(23)25)29-17-30-27(18-40-34(42-30)46-8)33(41-29)43-13-11-31(43)35(37,38)39/h9-10,15-18,20-22,31H,11,13,19H2,1-8H3. The molecule has 0 radical (unpaired) electrons. The lowest BCUT2D eigenvalue weighted by Crippen LogP contribution is -2.56. The third kappa shape index (κ3) is 6.54. The lowest BCUT2D eigenvalue weighted by Gasteiger charge is -2.43. The van der Waals surface area contributed by atoms with Gasteiger partial charge in [-0.1, -0.05) is 65.3 Å². The van der Waals surface area contributed by atoms with Crippen LogP contribution in [-0.4, -0.2) is 61.9 Å². The number of hydrogen-bond donors (Lipinski definition) is 0. The molecule has 0 spiro atoms. The second kappa shape index (κ2) is 13.6. The van der Waals surface area contributed by atoms with Crippen LogP contribution < -0.4 is 9.64 Å². The maximum atomic E-state index is 16.0. The van der Waals surface area contributed by atoms with Crippen LogP contribution >= 0.6 is 11.8 Å². The van der Waals surface area contributed by atoms with E-state index in [2.05, 4.69) is 63.0 Å². The molecule has 6 nitrogen and oxygen atoms in total. The van der Waals surface area contributed by atoms with Crippen LogP contribution in [0.25, 0.3) is 32.9 Å². The van der Waals surface area contributed by atoms with E-state index in [1.807, 2.05) is 6.26 Å². The van der Waals surface area contributed by atoms with Gasteiger partial charge in [0.2, 0.25) is 0 Å². The summed E-state index contributed by atoms with van der Waals surface area (Å²) < 4.78 is 69.0. The number of rotatable bonds is 9. The van der Waals surface area contributed by atoms with E-state index in [1.54, 1.807) is 24.3 Å². The average Bonchev–Trinajstić information content (AvgIpc) is 2.98. The van der Waals surface area contributed by atoms with Crippen molar-refractivity contribution in [2.24, 2.45) is 0 Å². The Morgan fingerprint density at radius 1 is 1.04 bits per heavy atom. The number of hydrogen-bond acceptors (Lipinski definition) is 7. The molecule has 1 fully saturated rings. The van der Waals surface area contributed by atoms with Gasteiger partial charge < -0.3 is 14.4 Å². The summed E-state index contributed by atoms with van der Waals surface area (Å²) in [6, 6.07) is 6.59. The van der Waals surface area contributed by atoms with Gasteiger partial charge in [-0.2, -0.15) is 13.2 Å². The van der Waals surface area contributed by atoms with E-state index in [0.29, 0.717) is 60.5 Å². The Morgan fingerprint density at radius 3 is 2.32 bits per heavy atom. The van der Waals surface area contributed by atoms with Crippen molar-refractivity contribution in [3.8, 4) is 28.5 Å². The van der Waals surface area contributed by atoms with E-state index in [1.165, 1.54) is 36.0 Å². The summed E-state index contributed by atoms with van der Waals surface area (Å²) in [6.07, 6.45) is -1.13. The maximum Gasteiger partial charge on any atom is 0.408 e. The molecule has 0 amide bonds. The summed E-state index contributed by atoms with van der Waals surface area (Å²) >= 11 is 1.32. The van der Waals surface area contributed by atoms with Crippen LogP contribution in [0, 0.1) is 17.3 Å². The molecule has 2 aromatic carbocycles. The Hall–Kier alpha value is -3.40. The molecule has 1 unspecified atom stereocenters. The molecule has 1 saturated heterocycles. The van der Waals surface area contributed by atoms with Crippen LogP contribution in [0.4, 0.5) is 23.4 Å². The smallest absolute Gasteiger partial charge is 0.408 e. The molecular formula is C35H40F4N4O2SSi. The van der Waals surface area contributed by atoms with Crippen molar-refractivity contribution in [2.75, 3.05) is 31.6 Å². The van der Waals surface area contributed by atoms with Gasteiger partial charge >= 0.3 is 6.18 Å². The number of anilines is 1. The van der Waals surface area contributed by atoms with Gasteiger partial charge in [0.05, 0.1) is 22.2 Å². The van der Waals surface area contributed by atoms with Gasteiger partial charge in [0.25, 0.3) is 0 Å². The lowest BCUT2D eigenvalue weighted by molar-refractivity contribution is -0.159. The quantitative estimate of drug-likeness (QED) is 0.0435. The molecule has 0 saturated carbocycles. The minimum atomic E-state index is -4.44. The Balaban J connectivity index is 1.85. The van der Waals surface area contributed by atoms with Gasteiger partial charge in [0, 0.05) is 30.8 Å². The van der Waals surface area contributed by atoms with E-state index in [-0.39, 0.29) is 31.1 Å². The topological polar surface area (TPSA) is 60.4 Å². The zero-order valence-electron chi connectivity index (χ0n) is 27.9. The summed E-state index contributed by atoms with van der Waals surface area (Å²) in [7, 11) is -0.753. The van der Waals surface area contributed by atoms with Crippen LogP contribution in [0.2, 0.25) is 16.6 Å². The molecule has 3 heterocycles. The summed E-state index contributed by atoms with van der Waals surface area (Å²) in [5.41, 5.74) is 6.09. The molecule has 47 heavy (non-hydrogen) atoms. The van der Waals surface area contributed by atoms with Crippen LogP contribution in [0.15, 0.2) is 41.7 Å². The largest absolute Gasteiger partial charge is 0.468 e. The highest BCUT2D eigenvalue weighted by Crippen LogP contribution is 2.44. The fourth-order valence-corrected chi connectivity index (χ4v) is 12.5. The number of pyridine rings is 1. The zero-order valence-corrected chi connectivity index (χ0v) is 29.7. The summed E-state index contributed by atoms with van der Waals surface area (Å²) in [6.45, 7) is 13.3. The first-order valence-corrected chi connectivity index (χ1v) is 19.1. The zero-order chi connectivity index (χ0) is 34.3. The number of halogens is 4. The number of fused-ring (bicyclic) bond motifs is 2. The summed E-state index contributed by atoms with van der Waals surface area (Å²) in [4.78, 5) is 15.1. The summed E-state index contributed by atoms with van der Waals surface area (Å²) in [5, 5.41) is 2.03. The number of methoxy groups -OCH3 is 1. The van der Waals surface area contributed by atoms with Crippen molar-refractivity contribution in [3.05, 3.63) is 47.9 Å². The van der Waals surface area contributed by atoms with Crippen molar-refractivity contribution in [1.29, 1.82) is 0 Å². The fourth-order valence-electron chi connectivity index (χ4n) is 6.98. The van der Waals surface area contributed by atoms with Crippen molar-refractivity contribution in [2.45, 2.75) is 82.0 Å². The highest BCUT2D eigenvalue weighted by Gasteiger charge is 2.49. The average molecular weight is 685 g/mol. The molecular weight excluding hydrogens is 645 g/mol. The van der Waals surface area contributed by atoms with Gasteiger partial charge in [-0.25, -0.2) is 19.3 Å². The number of alkyl halides is 3. The first-order valence-electron chi connectivity index (χ1n) is 15.7.